The molecule has 0 aliphatic heterocycles. The van der Waals surface area contributed by atoms with E-state index in [0.29, 0.717) is 27.9 Å². The Morgan fingerprint density at radius 1 is 1.09 bits per heavy atom. The lowest BCUT2D eigenvalue weighted by molar-refractivity contribution is -0.117. The summed E-state index contributed by atoms with van der Waals surface area (Å²) in [4.78, 5) is 25.7. The summed E-state index contributed by atoms with van der Waals surface area (Å²) in [5.41, 5.74) is 2.76. The van der Waals surface area contributed by atoms with Gasteiger partial charge in [-0.15, -0.1) is 23.2 Å². The highest BCUT2D eigenvalue weighted by Crippen LogP contribution is 2.65. The minimum absolute atomic E-state index is 0.251. The predicted molar refractivity (Wildman–Crippen MR) is 139 cm³/mol. The van der Waals surface area contributed by atoms with E-state index >= 15 is 0 Å². The van der Waals surface area contributed by atoms with Gasteiger partial charge in [-0.25, -0.2) is 4.39 Å². The molecule has 178 valence electrons. The highest BCUT2D eigenvalue weighted by Gasteiger charge is 2.67. The highest BCUT2D eigenvalue weighted by atomic mass is 79.9. The largest absolute Gasteiger partial charge is 0.326 e. The average Bonchev–Trinajstić information content (AvgIpc) is 3.39. The number of nitrogens with one attached hydrogen (secondary N) is 2. The Hall–Kier alpha value is -2.63. The zero-order valence-corrected chi connectivity index (χ0v) is 21.9. The first kappa shape index (κ1) is 25.5. The molecule has 0 aromatic heterocycles. The van der Waals surface area contributed by atoms with Crippen molar-refractivity contribution in [2.45, 2.75) is 17.2 Å². The summed E-state index contributed by atoms with van der Waals surface area (Å²) in [7, 11) is 0. The number of halogens is 5. The van der Waals surface area contributed by atoms with E-state index in [1.807, 2.05) is 6.07 Å². The first-order valence-electron chi connectivity index (χ1n) is 10.3. The number of carbonyl (C=O) groups is 2. The molecule has 5 nitrogen and oxygen atoms in total. The summed E-state index contributed by atoms with van der Waals surface area (Å²) in [6, 6.07) is 15.8. The number of hydrogen-bond donors (Lipinski definition) is 2. The maximum absolute atomic E-state index is 13.6. The molecule has 2 N–H and O–H groups in total. The molecule has 0 spiro atoms. The topological polar surface area (TPSA) is 82.0 Å². The molecular formula is C25H16BrCl3FN3O2. The SMILES string of the molecule is Cc1cc(C#N)ccc1C(=O)Nc1cc(NC(=O)[C@H]2[C@H](c3ccc(F)c(Br)c3)C2(Cl)Cl)ccc1Cl. The first-order chi connectivity index (χ1) is 16.5. The monoisotopic (exact) mass is 593 g/mol. The van der Waals surface area contributed by atoms with E-state index in [0.717, 1.165) is 0 Å². The third-order valence-electron chi connectivity index (χ3n) is 5.72. The second kappa shape index (κ2) is 9.79. The molecule has 1 saturated carbocycles. The molecule has 0 radical (unpaired) electrons. The fourth-order valence-corrected chi connectivity index (χ4v) is 5.26. The van der Waals surface area contributed by atoms with Crippen molar-refractivity contribution in [3.05, 3.63) is 92.2 Å². The van der Waals surface area contributed by atoms with E-state index in [4.69, 9.17) is 40.1 Å². The minimum atomic E-state index is -1.35. The molecular weight excluding hydrogens is 580 g/mol. The Bertz CT molecular complexity index is 1410. The van der Waals surface area contributed by atoms with Crippen molar-refractivity contribution in [1.82, 2.24) is 0 Å². The van der Waals surface area contributed by atoms with Gasteiger partial charge in [0.2, 0.25) is 5.91 Å². The van der Waals surface area contributed by atoms with Crippen LogP contribution in [0.1, 0.15) is 33.0 Å². The molecule has 10 heteroatoms. The number of carbonyl (C=O) groups excluding carboxylic acids is 2. The van der Waals surface area contributed by atoms with Crippen LogP contribution in [-0.4, -0.2) is 16.1 Å². The fourth-order valence-electron chi connectivity index (χ4n) is 3.87. The smallest absolute Gasteiger partial charge is 0.255 e. The summed E-state index contributed by atoms with van der Waals surface area (Å²) in [6.07, 6.45) is 0. The first-order valence-corrected chi connectivity index (χ1v) is 12.2. The Morgan fingerprint density at radius 2 is 1.83 bits per heavy atom. The highest BCUT2D eigenvalue weighted by molar-refractivity contribution is 9.10. The number of rotatable bonds is 5. The molecule has 3 aromatic carbocycles. The van der Waals surface area contributed by atoms with Gasteiger partial charge in [0.05, 0.1) is 32.7 Å². The molecule has 4 rings (SSSR count). The van der Waals surface area contributed by atoms with Crippen LogP contribution in [0.15, 0.2) is 59.1 Å². The maximum Gasteiger partial charge on any atom is 0.255 e. The summed E-state index contributed by atoms with van der Waals surface area (Å²) >= 11 is 22.2. The molecule has 2 amide bonds. The van der Waals surface area contributed by atoms with E-state index in [1.54, 1.807) is 43.3 Å². The van der Waals surface area contributed by atoms with E-state index in [1.165, 1.54) is 18.2 Å². The number of benzene rings is 3. The van der Waals surface area contributed by atoms with Gasteiger partial charge in [0.15, 0.2) is 0 Å². The Kier molecular flexibility index (Phi) is 7.12. The Balaban J connectivity index is 1.50. The Morgan fingerprint density at radius 3 is 2.49 bits per heavy atom. The van der Waals surface area contributed by atoms with Crippen molar-refractivity contribution in [2.24, 2.45) is 5.92 Å². The number of nitrogens with zero attached hydrogens (tertiary/aromatic N) is 1. The molecule has 35 heavy (non-hydrogen) atoms. The van der Waals surface area contributed by atoms with Gasteiger partial charge in [-0.2, -0.15) is 5.26 Å². The van der Waals surface area contributed by atoms with Crippen molar-refractivity contribution >= 4 is 73.9 Å². The second-order valence-corrected chi connectivity index (χ2v) is 10.8. The lowest BCUT2D eigenvalue weighted by Gasteiger charge is -2.12. The molecule has 0 bridgehead atoms. The summed E-state index contributed by atoms with van der Waals surface area (Å²) < 4.78 is 12.5. The number of nitriles is 1. The number of aryl methyl sites for hydroxylation is 1. The zero-order chi connectivity index (χ0) is 25.5. The van der Waals surface area contributed by atoms with Gasteiger partial charge in [-0.1, -0.05) is 17.7 Å². The summed E-state index contributed by atoms with van der Waals surface area (Å²) in [5, 5.41) is 14.8. The van der Waals surface area contributed by atoms with Crippen molar-refractivity contribution in [3.63, 3.8) is 0 Å². The molecule has 1 fully saturated rings. The minimum Gasteiger partial charge on any atom is -0.326 e. The summed E-state index contributed by atoms with van der Waals surface area (Å²) in [6.45, 7) is 1.73. The van der Waals surface area contributed by atoms with Crippen LogP contribution in [0.3, 0.4) is 0 Å². The van der Waals surface area contributed by atoms with Crippen LogP contribution >= 0.6 is 50.7 Å². The van der Waals surface area contributed by atoms with E-state index in [9.17, 15) is 14.0 Å². The van der Waals surface area contributed by atoms with Crippen LogP contribution in [0.2, 0.25) is 5.02 Å². The number of anilines is 2. The van der Waals surface area contributed by atoms with E-state index in [-0.39, 0.29) is 15.2 Å². The standard InChI is InChI=1S/C25H16BrCl3FN3O2/c1-12-8-13(11-31)2-5-16(12)23(34)33-20-10-15(4-6-18(20)27)32-24(35)22-21(25(22,28)29)14-3-7-19(30)17(26)9-14/h2-10,21-22H,1H3,(H,32,35)(H,33,34)/t21-,22+/m0/s1. The number of hydrogen-bond acceptors (Lipinski definition) is 3. The van der Waals surface area contributed by atoms with Gasteiger partial charge in [0.1, 0.15) is 10.2 Å². The van der Waals surface area contributed by atoms with Crippen LogP contribution < -0.4 is 10.6 Å². The molecule has 1 aliphatic carbocycles. The van der Waals surface area contributed by atoms with Gasteiger partial charge < -0.3 is 10.6 Å². The molecule has 3 aromatic rings. The van der Waals surface area contributed by atoms with Gasteiger partial charge in [0, 0.05) is 17.2 Å². The van der Waals surface area contributed by atoms with E-state index in [2.05, 4.69) is 26.6 Å². The van der Waals surface area contributed by atoms with E-state index < -0.39 is 33.8 Å². The molecule has 0 heterocycles. The predicted octanol–water partition coefficient (Wildman–Crippen LogP) is 7.20. The normalized spacial score (nSPS) is 17.9. The lowest BCUT2D eigenvalue weighted by atomic mass is 10.0. The fraction of sp³-hybridized carbons (Fsp3) is 0.160. The average molecular weight is 596 g/mol. The maximum atomic E-state index is 13.6. The van der Waals surface area contributed by atoms with Gasteiger partial charge >= 0.3 is 0 Å². The van der Waals surface area contributed by atoms with Crippen LogP contribution in [0.4, 0.5) is 15.8 Å². The van der Waals surface area contributed by atoms with Crippen LogP contribution in [0.5, 0.6) is 0 Å². The molecule has 0 saturated heterocycles. The lowest BCUT2D eigenvalue weighted by Crippen LogP contribution is -2.18. The van der Waals surface area contributed by atoms with Crippen LogP contribution in [0.25, 0.3) is 0 Å². The van der Waals surface area contributed by atoms with Crippen molar-refractivity contribution in [1.29, 1.82) is 5.26 Å². The van der Waals surface area contributed by atoms with Crippen molar-refractivity contribution in [3.8, 4) is 6.07 Å². The number of amides is 2. The molecule has 0 unspecified atom stereocenters. The van der Waals surface area contributed by atoms with Gasteiger partial charge in [0.25, 0.3) is 5.91 Å². The van der Waals surface area contributed by atoms with Crippen molar-refractivity contribution in [2.75, 3.05) is 10.6 Å². The quantitative estimate of drug-likeness (QED) is 0.306. The summed E-state index contributed by atoms with van der Waals surface area (Å²) in [5.74, 6) is -2.56. The second-order valence-electron chi connectivity index (χ2n) is 8.08. The molecule has 2 atom stereocenters. The Labute approximate surface area is 224 Å². The number of alkyl halides is 2. The molecule has 1 aliphatic rings. The van der Waals surface area contributed by atoms with Crippen LogP contribution in [0, 0.1) is 30.0 Å². The van der Waals surface area contributed by atoms with Crippen molar-refractivity contribution < 1.29 is 14.0 Å². The van der Waals surface area contributed by atoms with Gasteiger partial charge in [-0.3, -0.25) is 9.59 Å². The van der Waals surface area contributed by atoms with Gasteiger partial charge in [-0.05, 0) is 82.5 Å². The third-order valence-corrected chi connectivity index (χ3v) is 7.60. The van der Waals surface area contributed by atoms with Crippen LogP contribution in [-0.2, 0) is 4.79 Å². The third kappa shape index (κ3) is 5.17. The zero-order valence-electron chi connectivity index (χ0n) is 18.0.